The number of benzene rings is 1. The van der Waals surface area contributed by atoms with Crippen LogP contribution in [-0.2, 0) is 6.42 Å². The maximum absolute atomic E-state index is 9.69. The summed E-state index contributed by atoms with van der Waals surface area (Å²) in [6.45, 7) is 5.91. The molecule has 0 aliphatic carbocycles. The Morgan fingerprint density at radius 3 is 2.84 bits per heavy atom. The van der Waals surface area contributed by atoms with Crippen molar-refractivity contribution in [3.8, 4) is 6.07 Å². The highest BCUT2D eigenvalue weighted by atomic mass is 16.3. The van der Waals surface area contributed by atoms with Gasteiger partial charge in [0, 0.05) is 13.1 Å². The van der Waals surface area contributed by atoms with Gasteiger partial charge in [-0.1, -0.05) is 24.3 Å². The molecule has 0 spiro atoms. The van der Waals surface area contributed by atoms with E-state index in [1.165, 1.54) is 11.1 Å². The average molecular weight is 258 g/mol. The molecule has 1 atom stereocenters. The lowest BCUT2D eigenvalue weighted by Gasteiger charge is -2.37. The molecule has 1 heterocycles. The maximum Gasteiger partial charge on any atom is 0.0684 e. The van der Waals surface area contributed by atoms with E-state index in [1.807, 2.05) is 19.9 Å². The molecule has 0 saturated carbocycles. The average Bonchev–Trinajstić information content (AvgIpc) is 2.44. The van der Waals surface area contributed by atoms with E-state index < -0.39 is 0 Å². The van der Waals surface area contributed by atoms with Crippen molar-refractivity contribution in [2.45, 2.75) is 32.7 Å². The number of nitrogens with zero attached hydrogens (tertiary/aromatic N) is 2. The fraction of sp³-hybridized carbons (Fsp3) is 0.562. The summed E-state index contributed by atoms with van der Waals surface area (Å²) in [4.78, 5) is 2.31. The SMILES string of the molecule is CC(C)(C#N)CCN1CCc2ccccc2C1CO. The van der Waals surface area contributed by atoms with Gasteiger partial charge >= 0.3 is 0 Å². The third-order valence-electron chi connectivity index (χ3n) is 4.02. The number of aliphatic hydroxyl groups excluding tert-OH is 1. The van der Waals surface area contributed by atoms with Gasteiger partial charge in [0.15, 0.2) is 0 Å². The molecule has 0 saturated heterocycles. The monoisotopic (exact) mass is 258 g/mol. The third-order valence-corrected chi connectivity index (χ3v) is 4.02. The molecule has 3 nitrogen and oxygen atoms in total. The minimum atomic E-state index is -0.295. The van der Waals surface area contributed by atoms with Crippen molar-refractivity contribution in [2.24, 2.45) is 5.41 Å². The first-order chi connectivity index (χ1) is 9.07. The molecular formula is C16H22N2O. The summed E-state index contributed by atoms with van der Waals surface area (Å²) in [6, 6.07) is 10.8. The summed E-state index contributed by atoms with van der Waals surface area (Å²) in [5, 5.41) is 18.8. The van der Waals surface area contributed by atoms with Gasteiger partial charge in [-0.25, -0.2) is 0 Å². The van der Waals surface area contributed by atoms with Crippen LogP contribution in [0, 0.1) is 16.7 Å². The van der Waals surface area contributed by atoms with Gasteiger partial charge in [0.25, 0.3) is 0 Å². The van der Waals surface area contributed by atoms with Crippen molar-refractivity contribution in [1.82, 2.24) is 4.90 Å². The fourth-order valence-electron chi connectivity index (χ4n) is 2.66. The number of hydrogen-bond donors (Lipinski definition) is 1. The first-order valence-electron chi connectivity index (χ1n) is 6.91. The Morgan fingerprint density at radius 2 is 2.16 bits per heavy atom. The van der Waals surface area contributed by atoms with Crippen LogP contribution in [0.15, 0.2) is 24.3 Å². The first kappa shape index (κ1) is 14.0. The van der Waals surface area contributed by atoms with Crippen LogP contribution in [0.3, 0.4) is 0 Å². The molecule has 0 aromatic heterocycles. The van der Waals surface area contributed by atoms with E-state index >= 15 is 0 Å². The number of hydrogen-bond acceptors (Lipinski definition) is 3. The Labute approximate surface area is 115 Å². The summed E-state index contributed by atoms with van der Waals surface area (Å²) in [5.41, 5.74) is 2.29. The molecule has 1 N–H and O–H groups in total. The molecule has 0 fully saturated rings. The summed E-state index contributed by atoms with van der Waals surface area (Å²) < 4.78 is 0. The van der Waals surface area contributed by atoms with Crippen LogP contribution in [0.2, 0.25) is 0 Å². The van der Waals surface area contributed by atoms with E-state index in [0.717, 1.165) is 25.9 Å². The van der Waals surface area contributed by atoms with Gasteiger partial charge in [-0.2, -0.15) is 5.26 Å². The second kappa shape index (κ2) is 5.73. The van der Waals surface area contributed by atoms with Crippen LogP contribution in [0.4, 0.5) is 0 Å². The second-order valence-corrected chi connectivity index (χ2v) is 5.93. The molecule has 1 aromatic rings. The minimum absolute atomic E-state index is 0.0828. The quantitative estimate of drug-likeness (QED) is 0.902. The molecule has 1 aliphatic heterocycles. The molecule has 0 bridgehead atoms. The second-order valence-electron chi connectivity index (χ2n) is 5.93. The van der Waals surface area contributed by atoms with Gasteiger partial charge in [0.05, 0.1) is 24.1 Å². The zero-order valence-corrected chi connectivity index (χ0v) is 11.8. The number of aliphatic hydroxyl groups is 1. The van der Waals surface area contributed by atoms with E-state index in [-0.39, 0.29) is 18.1 Å². The van der Waals surface area contributed by atoms with Crippen LogP contribution in [0.5, 0.6) is 0 Å². The number of fused-ring (bicyclic) bond motifs is 1. The van der Waals surface area contributed by atoms with Gasteiger partial charge in [-0.05, 0) is 37.8 Å². The minimum Gasteiger partial charge on any atom is -0.394 e. The Bertz CT molecular complexity index is 476. The zero-order valence-electron chi connectivity index (χ0n) is 11.8. The van der Waals surface area contributed by atoms with Crippen molar-refractivity contribution in [3.63, 3.8) is 0 Å². The molecule has 1 aliphatic rings. The van der Waals surface area contributed by atoms with Gasteiger partial charge in [0.2, 0.25) is 0 Å². The molecule has 3 heteroatoms. The van der Waals surface area contributed by atoms with Crippen LogP contribution in [-0.4, -0.2) is 29.7 Å². The number of rotatable bonds is 4. The van der Waals surface area contributed by atoms with Crippen LogP contribution in [0.25, 0.3) is 0 Å². The van der Waals surface area contributed by atoms with Crippen molar-refractivity contribution < 1.29 is 5.11 Å². The lowest BCUT2D eigenvalue weighted by molar-refractivity contribution is 0.106. The van der Waals surface area contributed by atoms with E-state index in [1.54, 1.807) is 0 Å². The Morgan fingerprint density at radius 1 is 1.42 bits per heavy atom. The summed E-state index contributed by atoms with van der Waals surface area (Å²) in [5.74, 6) is 0. The molecule has 102 valence electrons. The molecule has 1 unspecified atom stereocenters. The standard InChI is InChI=1S/C16H22N2O/c1-16(2,12-17)8-10-18-9-7-13-5-3-4-6-14(13)15(18)11-19/h3-6,15,19H,7-11H2,1-2H3. The topological polar surface area (TPSA) is 47.3 Å². The molecule has 0 amide bonds. The van der Waals surface area contributed by atoms with E-state index in [4.69, 9.17) is 5.26 Å². The van der Waals surface area contributed by atoms with Gasteiger partial charge < -0.3 is 5.11 Å². The summed E-state index contributed by atoms with van der Waals surface area (Å²) in [7, 11) is 0. The molecule has 1 aromatic carbocycles. The van der Waals surface area contributed by atoms with E-state index in [9.17, 15) is 5.11 Å². The molecule has 0 radical (unpaired) electrons. The zero-order chi connectivity index (χ0) is 13.9. The molecular weight excluding hydrogens is 236 g/mol. The Hall–Kier alpha value is -1.37. The van der Waals surface area contributed by atoms with Gasteiger partial charge in [-0.15, -0.1) is 0 Å². The van der Waals surface area contributed by atoms with Crippen molar-refractivity contribution >= 4 is 0 Å². The van der Waals surface area contributed by atoms with Gasteiger partial charge in [0.1, 0.15) is 0 Å². The largest absolute Gasteiger partial charge is 0.394 e. The highest BCUT2D eigenvalue weighted by Gasteiger charge is 2.28. The Balaban J connectivity index is 2.10. The van der Waals surface area contributed by atoms with E-state index in [0.29, 0.717) is 0 Å². The molecule has 19 heavy (non-hydrogen) atoms. The van der Waals surface area contributed by atoms with Gasteiger partial charge in [-0.3, -0.25) is 4.90 Å². The highest BCUT2D eigenvalue weighted by Crippen LogP contribution is 2.30. The van der Waals surface area contributed by atoms with Crippen molar-refractivity contribution in [1.29, 1.82) is 5.26 Å². The predicted octanol–water partition coefficient (Wildman–Crippen LogP) is 2.52. The first-order valence-corrected chi connectivity index (χ1v) is 6.91. The lowest BCUT2D eigenvalue weighted by atomic mass is 9.89. The van der Waals surface area contributed by atoms with Crippen molar-refractivity contribution in [3.05, 3.63) is 35.4 Å². The fourth-order valence-corrected chi connectivity index (χ4v) is 2.66. The van der Waals surface area contributed by atoms with E-state index in [2.05, 4.69) is 29.2 Å². The lowest BCUT2D eigenvalue weighted by Crippen LogP contribution is -2.39. The summed E-state index contributed by atoms with van der Waals surface area (Å²) in [6.07, 6.45) is 1.86. The number of nitriles is 1. The third kappa shape index (κ3) is 3.15. The Kier molecular flexibility index (Phi) is 4.24. The molecule has 2 rings (SSSR count). The smallest absolute Gasteiger partial charge is 0.0684 e. The predicted molar refractivity (Wildman–Crippen MR) is 75.6 cm³/mol. The van der Waals surface area contributed by atoms with Crippen molar-refractivity contribution in [2.75, 3.05) is 19.7 Å². The summed E-state index contributed by atoms with van der Waals surface area (Å²) >= 11 is 0. The highest BCUT2D eigenvalue weighted by molar-refractivity contribution is 5.32. The van der Waals surface area contributed by atoms with Crippen LogP contribution < -0.4 is 0 Å². The van der Waals surface area contributed by atoms with Crippen LogP contribution >= 0.6 is 0 Å². The van der Waals surface area contributed by atoms with Crippen LogP contribution in [0.1, 0.15) is 37.4 Å². The normalized spacial score (nSPS) is 19.8. The maximum atomic E-state index is 9.69.